The molecule has 0 bridgehead atoms. The zero-order valence-corrected chi connectivity index (χ0v) is 17.5. The molecule has 0 N–H and O–H groups in total. The summed E-state index contributed by atoms with van der Waals surface area (Å²) in [5.41, 5.74) is 7.19. The second-order valence-electron chi connectivity index (χ2n) is 8.65. The number of fused-ring (bicyclic) bond motifs is 3. The van der Waals surface area contributed by atoms with Gasteiger partial charge < -0.3 is 4.74 Å². The van der Waals surface area contributed by atoms with Gasteiger partial charge >= 0.3 is 6.36 Å². The van der Waals surface area contributed by atoms with Crippen molar-refractivity contribution in [2.75, 3.05) is 0 Å². The van der Waals surface area contributed by atoms with E-state index in [2.05, 4.69) is 35.9 Å². The Morgan fingerprint density at radius 2 is 1.60 bits per heavy atom. The van der Waals surface area contributed by atoms with Crippen molar-refractivity contribution < 1.29 is 17.9 Å². The summed E-state index contributed by atoms with van der Waals surface area (Å²) in [5, 5.41) is 0. The Bertz CT molecular complexity index is 896. The van der Waals surface area contributed by atoms with E-state index in [1.807, 2.05) is 0 Å². The third kappa shape index (κ3) is 4.91. The highest BCUT2D eigenvalue weighted by molar-refractivity contribution is 5.45. The quantitative estimate of drug-likeness (QED) is 0.466. The third-order valence-electron chi connectivity index (χ3n) is 6.71. The van der Waals surface area contributed by atoms with Gasteiger partial charge in [0.25, 0.3) is 0 Å². The number of benzene rings is 2. The fourth-order valence-corrected chi connectivity index (χ4v) is 5.21. The fourth-order valence-electron chi connectivity index (χ4n) is 5.21. The highest BCUT2D eigenvalue weighted by Gasteiger charge is 2.31. The first-order chi connectivity index (χ1) is 14.4. The lowest BCUT2D eigenvalue weighted by Gasteiger charge is -2.32. The van der Waals surface area contributed by atoms with E-state index in [1.54, 1.807) is 23.3 Å². The summed E-state index contributed by atoms with van der Waals surface area (Å²) in [7, 11) is 0. The number of alkyl halides is 3. The molecule has 2 aliphatic carbocycles. The minimum atomic E-state index is -4.64. The van der Waals surface area contributed by atoms with Crippen LogP contribution in [0.3, 0.4) is 0 Å². The average Bonchev–Trinajstić information content (AvgIpc) is 2.73. The Hall–Kier alpha value is -2.23. The van der Waals surface area contributed by atoms with Crippen molar-refractivity contribution >= 4 is 0 Å². The molecule has 0 radical (unpaired) electrons. The van der Waals surface area contributed by atoms with Crippen molar-refractivity contribution in [2.45, 2.75) is 70.6 Å². The summed E-state index contributed by atoms with van der Waals surface area (Å²) in [6.45, 7) is 2.08. The molecule has 0 saturated heterocycles. The van der Waals surface area contributed by atoms with E-state index in [0.717, 1.165) is 30.7 Å². The third-order valence-corrected chi connectivity index (χ3v) is 6.71. The molecule has 160 valence electrons. The van der Waals surface area contributed by atoms with Crippen LogP contribution in [0.15, 0.2) is 48.6 Å². The second kappa shape index (κ2) is 8.87. The Balaban J connectivity index is 1.44. The van der Waals surface area contributed by atoms with Crippen molar-refractivity contribution in [3.05, 3.63) is 76.4 Å². The maximum absolute atomic E-state index is 12.4. The van der Waals surface area contributed by atoms with E-state index in [9.17, 15) is 13.2 Å². The Kier molecular flexibility index (Phi) is 6.21. The van der Waals surface area contributed by atoms with E-state index in [0.29, 0.717) is 5.92 Å². The summed E-state index contributed by atoms with van der Waals surface area (Å²) in [6.07, 6.45) is 8.96. The van der Waals surface area contributed by atoms with Crippen LogP contribution < -0.4 is 4.74 Å². The minimum absolute atomic E-state index is 0.152. The molecule has 0 aliphatic heterocycles. The minimum Gasteiger partial charge on any atom is -0.406 e. The molecule has 2 aliphatic rings. The number of hydrogen-bond acceptors (Lipinski definition) is 1. The normalized spacial score (nSPS) is 21.3. The van der Waals surface area contributed by atoms with Crippen LogP contribution in [0.4, 0.5) is 13.2 Å². The summed E-state index contributed by atoms with van der Waals surface area (Å²) >= 11 is 0. The fraction of sp³-hybridized carbons (Fsp3) is 0.462. The van der Waals surface area contributed by atoms with Gasteiger partial charge in [0.2, 0.25) is 0 Å². The first kappa shape index (κ1) is 21.0. The van der Waals surface area contributed by atoms with Crippen LogP contribution in [0.5, 0.6) is 5.75 Å². The van der Waals surface area contributed by atoms with E-state index >= 15 is 0 Å². The largest absolute Gasteiger partial charge is 0.573 e. The second-order valence-corrected chi connectivity index (χ2v) is 8.65. The van der Waals surface area contributed by atoms with Crippen LogP contribution in [0.2, 0.25) is 0 Å². The first-order valence-electron chi connectivity index (χ1n) is 11.0. The standard InChI is InChI=1S/C26H29F3O/c1-2-3-4-5-18-6-14-24-21(16-18)7-8-22-17-20(11-15-25(22)24)19-9-12-23(13-10-19)30-26(27,28)29/h2-3,7-10,12-13,18,20H,4-6,11,14-17H2,1H3. The molecular formula is C26H29F3O. The zero-order chi connectivity index (χ0) is 21.1. The zero-order valence-electron chi connectivity index (χ0n) is 17.5. The topological polar surface area (TPSA) is 9.23 Å². The predicted octanol–water partition coefficient (Wildman–Crippen LogP) is 7.32. The van der Waals surface area contributed by atoms with E-state index < -0.39 is 6.36 Å². The lowest BCUT2D eigenvalue weighted by molar-refractivity contribution is -0.274. The van der Waals surface area contributed by atoms with Crippen LogP contribution in [-0.4, -0.2) is 6.36 Å². The Labute approximate surface area is 177 Å². The molecule has 0 fully saturated rings. The molecule has 0 heterocycles. The van der Waals surface area contributed by atoms with Gasteiger partial charge in [0.1, 0.15) is 5.75 Å². The molecule has 4 heteroatoms. The summed E-state index contributed by atoms with van der Waals surface area (Å²) in [6, 6.07) is 11.1. The molecule has 0 saturated carbocycles. The average molecular weight is 415 g/mol. The van der Waals surface area contributed by atoms with Crippen molar-refractivity contribution in [2.24, 2.45) is 5.92 Å². The molecule has 4 rings (SSSR count). The van der Waals surface area contributed by atoms with Crippen LogP contribution in [0, 0.1) is 5.92 Å². The lowest BCUT2D eigenvalue weighted by atomic mass is 9.73. The lowest BCUT2D eigenvalue weighted by Crippen LogP contribution is -2.20. The van der Waals surface area contributed by atoms with E-state index in [1.165, 1.54) is 55.4 Å². The molecular weight excluding hydrogens is 385 g/mol. The number of allylic oxidation sites excluding steroid dienone is 2. The number of rotatable bonds is 5. The SMILES string of the molecule is CC=CCCC1CCc2c(ccc3c2CCC(c2ccc(OC(F)(F)F)cc2)C3)C1. The number of halogens is 3. The molecule has 2 aromatic carbocycles. The maximum atomic E-state index is 12.4. The summed E-state index contributed by atoms with van der Waals surface area (Å²) in [4.78, 5) is 0. The van der Waals surface area contributed by atoms with Gasteiger partial charge in [-0.15, -0.1) is 13.2 Å². The first-order valence-corrected chi connectivity index (χ1v) is 11.0. The summed E-state index contributed by atoms with van der Waals surface area (Å²) < 4.78 is 41.1. The van der Waals surface area contributed by atoms with Gasteiger partial charge in [-0.3, -0.25) is 0 Å². The van der Waals surface area contributed by atoms with Gasteiger partial charge in [-0.05, 0) is 110 Å². The molecule has 0 aromatic heterocycles. The molecule has 2 atom stereocenters. The summed E-state index contributed by atoms with van der Waals surface area (Å²) in [5.74, 6) is 0.994. The van der Waals surface area contributed by atoms with Gasteiger partial charge in [-0.2, -0.15) is 0 Å². The van der Waals surface area contributed by atoms with Crippen molar-refractivity contribution in [1.29, 1.82) is 0 Å². The van der Waals surface area contributed by atoms with Gasteiger partial charge in [-0.1, -0.05) is 36.4 Å². The molecule has 1 nitrogen and oxygen atoms in total. The monoisotopic (exact) mass is 414 g/mol. The molecule has 0 spiro atoms. The highest BCUT2D eigenvalue weighted by Crippen LogP contribution is 2.39. The van der Waals surface area contributed by atoms with Gasteiger partial charge in [0.15, 0.2) is 0 Å². The van der Waals surface area contributed by atoms with Gasteiger partial charge in [-0.25, -0.2) is 0 Å². The molecule has 0 amide bonds. The smallest absolute Gasteiger partial charge is 0.406 e. The van der Waals surface area contributed by atoms with E-state index in [4.69, 9.17) is 0 Å². The van der Waals surface area contributed by atoms with Gasteiger partial charge in [0, 0.05) is 0 Å². The number of ether oxygens (including phenoxy) is 1. The molecule has 30 heavy (non-hydrogen) atoms. The molecule has 2 aromatic rings. The van der Waals surface area contributed by atoms with E-state index in [-0.39, 0.29) is 5.75 Å². The predicted molar refractivity (Wildman–Crippen MR) is 114 cm³/mol. The maximum Gasteiger partial charge on any atom is 0.573 e. The van der Waals surface area contributed by atoms with Crippen LogP contribution in [-0.2, 0) is 25.7 Å². The molecule has 2 unspecified atom stereocenters. The van der Waals surface area contributed by atoms with Crippen molar-refractivity contribution in [3.8, 4) is 5.75 Å². The highest BCUT2D eigenvalue weighted by atomic mass is 19.4. The van der Waals surface area contributed by atoms with Crippen LogP contribution in [0.25, 0.3) is 0 Å². The van der Waals surface area contributed by atoms with Crippen molar-refractivity contribution in [3.63, 3.8) is 0 Å². The van der Waals surface area contributed by atoms with Crippen LogP contribution >= 0.6 is 0 Å². The Morgan fingerprint density at radius 1 is 0.933 bits per heavy atom. The van der Waals surface area contributed by atoms with Crippen LogP contribution in [0.1, 0.15) is 66.3 Å². The van der Waals surface area contributed by atoms with Gasteiger partial charge in [0.05, 0.1) is 0 Å². The number of hydrogen-bond donors (Lipinski definition) is 0. The Morgan fingerprint density at radius 3 is 2.27 bits per heavy atom. The van der Waals surface area contributed by atoms with Crippen molar-refractivity contribution in [1.82, 2.24) is 0 Å².